The first-order chi connectivity index (χ1) is 7.77. The van der Waals surface area contributed by atoms with Crippen LogP contribution < -0.4 is 5.32 Å². The summed E-state index contributed by atoms with van der Waals surface area (Å²) in [6, 6.07) is 8.30. The van der Waals surface area contributed by atoms with Gasteiger partial charge in [-0.3, -0.25) is 5.32 Å². The molecule has 0 spiro atoms. The third-order valence-electron chi connectivity index (χ3n) is 2.48. The Bertz CT molecular complexity index is 397. The molecule has 1 unspecified atom stereocenters. The highest BCUT2D eigenvalue weighted by Crippen LogP contribution is 2.30. The summed E-state index contributed by atoms with van der Waals surface area (Å²) in [6.45, 7) is 0.446. The average Bonchev–Trinajstić information content (AvgIpc) is 2.25. The molecule has 0 saturated heterocycles. The van der Waals surface area contributed by atoms with Gasteiger partial charge in [0.1, 0.15) is 0 Å². The molecule has 1 atom stereocenters. The van der Waals surface area contributed by atoms with E-state index in [1.54, 1.807) is 30.3 Å². The number of benzene rings is 1. The van der Waals surface area contributed by atoms with Crippen molar-refractivity contribution in [3.8, 4) is 0 Å². The summed E-state index contributed by atoms with van der Waals surface area (Å²) in [5.41, 5.74) is -2.35. The van der Waals surface area contributed by atoms with Crippen LogP contribution in [0.1, 0.15) is 12.5 Å². The smallest absolute Gasteiger partial charge is 0.417 e. The maximum atomic E-state index is 12.6. The molecular formula is C11H13ClF3NO2. The molecule has 1 aromatic carbocycles. The summed E-state index contributed by atoms with van der Waals surface area (Å²) < 4.78 is 37.8. The average molecular weight is 284 g/mol. The van der Waals surface area contributed by atoms with Crippen LogP contribution in [-0.2, 0) is 11.3 Å². The van der Waals surface area contributed by atoms with Crippen LogP contribution in [0.2, 0.25) is 0 Å². The molecule has 0 saturated carbocycles. The molecule has 0 aromatic heterocycles. The minimum absolute atomic E-state index is 0. The van der Waals surface area contributed by atoms with Gasteiger partial charge < -0.3 is 5.11 Å². The van der Waals surface area contributed by atoms with Gasteiger partial charge in [0.2, 0.25) is 5.54 Å². The SMILES string of the molecule is CC(NCc1ccccc1)(C(=O)O)C(F)(F)F.Cl. The van der Waals surface area contributed by atoms with Crippen LogP contribution in [-0.4, -0.2) is 22.8 Å². The molecule has 0 bridgehead atoms. The number of carboxylic acid groups (broad SMARTS) is 1. The lowest BCUT2D eigenvalue weighted by molar-refractivity contribution is -0.206. The van der Waals surface area contributed by atoms with E-state index in [4.69, 9.17) is 5.11 Å². The molecule has 0 heterocycles. The van der Waals surface area contributed by atoms with E-state index in [9.17, 15) is 18.0 Å². The van der Waals surface area contributed by atoms with E-state index < -0.39 is 17.7 Å². The third kappa shape index (κ3) is 3.61. The van der Waals surface area contributed by atoms with E-state index >= 15 is 0 Å². The first kappa shape index (κ1) is 16.7. The van der Waals surface area contributed by atoms with E-state index in [2.05, 4.69) is 0 Å². The first-order valence-electron chi connectivity index (χ1n) is 4.86. The molecule has 0 aliphatic heterocycles. The Hall–Kier alpha value is -1.27. The Morgan fingerprint density at radius 2 is 1.78 bits per heavy atom. The molecule has 0 fully saturated rings. The normalized spacial score (nSPS) is 14.4. The van der Waals surface area contributed by atoms with Crippen LogP contribution in [0.3, 0.4) is 0 Å². The van der Waals surface area contributed by atoms with E-state index in [-0.39, 0.29) is 19.0 Å². The van der Waals surface area contributed by atoms with Gasteiger partial charge in [0.15, 0.2) is 0 Å². The number of halogens is 4. The van der Waals surface area contributed by atoms with E-state index in [0.717, 1.165) is 0 Å². The van der Waals surface area contributed by atoms with Gasteiger partial charge in [-0.15, -0.1) is 12.4 Å². The maximum absolute atomic E-state index is 12.6. The number of nitrogens with one attached hydrogen (secondary N) is 1. The molecule has 0 aliphatic carbocycles. The highest BCUT2D eigenvalue weighted by Gasteiger charge is 2.57. The Balaban J connectivity index is 0.00000289. The minimum Gasteiger partial charge on any atom is -0.480 e. The predicted octanol–water partition coefficient (Wildman–Crippen LogP) is 2.60. The lowest BCUT2D eigenvalue weighted by atomic mass is 10.0. The van der Waals surface area contributed by atoms with Gasteiger partial charge >= 0.3 is 12.1 Å². The molecular weight excluding hydrogens is 271 g/mol. The quantitative estimate of drug-likeness (QED) is 0.893. The molecule has 18 heavy (non-hydrogen) atoms. The fourth-order valence-corrected chi connectivity index (χ4v) is 1.17. The number of rotatable bonds is 4. The molecule has 3 nitrogen and oxygen atoms in total. The zero-order valence-electron chi connectivity index (χ0n) is 9.49. The van der Waals surface area contributed by atoms with Gasteiger partial charge in [-0.2, -0.15) is 13.2 Å². The molecule has 7 heteroatoms. The van der Waals surface area contributed by atoms with Gasteiger partial charge in [0.05, 0.1) is 0 Å². The molecule has 1 aromatic rings. The largest absolute Gasteiger partial charge is 0.480 e. The van der Waals surface area contributed by atoms with Crippen molar-refractivity contribution in [2.24, 2.45) is 0 Å². The molecule has 2 N–H and O–H groups in total. The topological polar surface area (TPSA) is 49.3 Å². The Labute approximate surface area is 108 Å². The summed E-state index contributed by atoms with van der Waals surface area (Å²) in [4.78, 5) is 10.7. The zero-order valence-corrected chi connectivity index (χ0v) is 10.3. The zero-order chi connectivity index (χ0) is 13.1. The predicted molar refractivity (Wildman–Crippen MR) is 62.6 cm³/mol. The third-order valence-corrected chi connectivity index (χ3v) is 2.48. The number of alkyl halides is 3. The second kappa shape index (κ2) is 6.06. The van der Waals surface area contributed by atoms with Crippen molar-refractivity contribution in [2.45, 2.75) is 25.2 Å². The summed E-state index contributed by atoms with van der Waals surface area (Å²) in [5, 5.41) is 10.7. The summed E-state index contributed by atoms with van der Waals surface area (Å²) in [7, 11) is 0. The van der Waals surface area contributed by atoms with Gasteiger partial charge in [0, 0.05) is 6.54 Å². The Kier molecular flexibility index (Phi) is 5.63. The Morgan fingerprint density at radius 3 is 2.17 bits per heavy atom. The van der Waals surface area contributed by atoms with Crippen LogP contribution in [0.15, 0.2) is 30.3 Å². The summed E-state index contributed by atoms with van der Waals surface area (Å²) in [6.07, 6.45) is -4.85. The monoisotopic (exact) mass is 283 g/mol. The standard InChI is InChI=1S/C11H12F3NO2.ClH/c1-10(9(16)17,11(12,13)14)15-7-8-5-3-2-4-6-8;/h2-6,15H,7H2,1H3,(H,16,17);1H. The van der Waals surface area contributed by atoms with Crippen molar-refractivity contribution in [1.82, 2.24) is 5.32 Å². The lowest BCUT2D eigenvalue weighted by Crippen LogP contribution is -2.59. The van der Waals surface area contributed by atoms with E-state index in [0.29, 0.717) is 12.5 Å². The summed E-state index contributed by atoms with van der Waals surface area (Å²) in [5.74, 6) is -1.94. The molecule has 102 valence electrons. The Morgan fingerprint density at radius 1 is 1.28 bits per heavy atom. The van der Waals surface area contributed by atoms with E-state index in [1.165, 1.54) is 0 Å². The van der Waals surface area contributed by atoms with Crippen molar-refractivity contribution in [3.05, 3.63) is 35.9 Å². The highest BCUT2D eigenvalue weighted by atomic mass is 35.5. The maximum Gasteiger partial charge on any atom is 0.417 e. The second-order valence-corrected chi connectivity index (χ2v) is 3.77. The van der Waals surface area contributed by atoms with Crippen molar-refractivity contribution in [1.29, 1.82) is 0 Å². The number of carbonyl (C=O) groups is 1. The van der Waals surface area contributed by atoms with Crippen LogP contribution >= 0.6 is 12.4 Å². The van der Waals surface area contributed by atoms with Crippen molar-refractivity contribution < 1.29 is 23.1 Å². The molecule has 0 amide bonds. The van der Waals surface area contributed by atoms with Gasteiger partial charge in [-0.05, 0) is 12.5 Å². The fraction of sp³-hybridized carbons (Fsp3) is 0.364. The first-order valence-corrected chi connectivity index (χ1v) is 4.86. The van der Waals surface area contributed by atoms with Crippen LogP contribution in [0.4, 0.5) is 13.2 Å². The summed E-state index contributed by atoms with van der Waals surface area (Å²) >= 11 is 0. The molecule has 0 aliphatic rings. The van der Waals surface area contributed by atoms with Gasteiger partial charge in [-0.1, -0.05) is 30.3 Å². The fourth-order valence-electron chi connectivity index (χ4n) is 1.17. The van der Waals surface area contributed by atoms with Crippen molar-refractivity contribution >= 4 is 18.4 Å². The van der Waals surface area contributed by atoms with Gasteiger partial charge in [0.25, 0.3) is 0 Å². The number of hydrogen-bond acceptors (Lipinski definition) is 2. The number of aliphatic carboxylic acids is 1. The van der Waals surface area contributed by atoms with Crippen LogP contribution in [0.25, 0.3) is 0 Å². The molecule has 1 rings (SSSR count). The van der Waals surface area contributed by atoms with Crippen molar-refractivity contribution in [3.63, 3.8) is 0 Å². The lowest BCUT2D eigenvalue weighted by Gasteiger charge is -2.28. The highest BCUT2D eigenvalue weighted by molar-refractivity contribution is 5.85. The minimum atomic E-state index is -4.85. The number of carboxylic acids is 1. The van der Waals surface area contributed by atoms with E-state index in [1.807, 2.05) is 5.32 Å². The molecule has 0 radical (unpaired) electrons. The number of hydrogen-bond donors (Lipinski definition) is 2. The van der Waals surface area contributed by atoms with Crippen LogP contribution in [0, 0.1) is 0 Å². The second-order valence-electron chi connectivity index (χ2n) is 3.77. The van der Waals surface area contributed by atoms with Crippen LogP contribution in [0.5, 0.6) is 0 Å². The van der Waals surface area contributed by atoms with Crippen molar-refractivity contribution in [2.75, 3.05) is 0 Å². The van der Waals surface area contributed by atoms with Gasteiger partial charge in [-0.25, -0.2) is 4.79 Å².